The van der Waals surface area contributed by atoms with E-state index in [1.54, 1.807) is 24.3 Å². The summed E-state index contributed by atoms with van der Waals surface area (Å²) in [5.41, 5.74) is 2.32. The van der Waals surface area contributed by atoms with Gasteiger partial charge in [0.1, 0.15) is 6.04 Å². The first kappa shape index (κ1) is 17.2. The number of H-pyrrole nitrogens is 1. The Morgan fingerprint density at radius 2 is 1.92 bits per heavy atom. The molecule has 26 heavy (non-hydrogen) atoms. The second kappa shape index (κ2) is 7.53. The summed E-state index contributed by atoms with van der Waals surface area (Å²) in [5.74, 6) is -1.03. The van der Waals surface area contributed by atoms with Gasteiger partial charge in [-0.2, -0.15) is 5.26 Å². The Kier molecular flexibility index (Phi) is 4.99. The average molecular weight is 347 g/mol. The van der Waals surface area contributed by atoms with Crippen LogP contribution in [0, 0.1) is 11.3 Å². The highest BCUT2D eigenvalue weighted by Crippen LogP contribution is 2.19. The van der Waals surface area contributed by atoms with Gasteiger partial charge in [-0.3, -0.25) is 4.79 Å². The van der Waals surface area contributed by atoms with Gasteiger partial charge in [0.25, 0.3) is 5.91 Å². The number of hydrogen-bond acceptors (Lipinski definition) is 4. The number of fused-ring (bicyclic) bond motifs is 1. The molecule has 2 aromatic carbocycles. The SMILES string of the molecule is COC(=O)[C@H](Cc1c[nH]c2ccccc12)NC(=O)c1ccccc1C#N. The molecule has 0 bridgehead atoms. The number of nitriles is 1. The molecule has 0 saturated heterocycles. The highest BCUT2D eigenvalue weighted by Gasteiger charge is 2.24. The summed E-state index contributed by atoms with van der Waals surface area (Å²) in [5, 5.41) is 12.8. The zero-order valence-electron chi connectivity index (χ0n) is 14.2. The number of aromatic amines is 1. The monoisotopic (exact) mass is 347 g/mol. The highest BCUT2D eigenvalue weighted by molar-refractivity contribution is 5.99. The lowest BCUT2D eigenvalue weighted by Crippen LogP contribution is -2.43. The van der Waals surface area contributed by atoms with Crippen LogP contribution in [0.1, 0.15) is 21.5 Å². The van der Waals surface area contributed by atoms with Gasteiger partial charge in [-0.25, -0.2) is 4.79 Å². The molecule has 1 amide bonds. The van der Waals surface area contributed by atoms with Gasteiger partial charge in [-0.1, -0.05) is 30.3 Å². The number of esters is 1. The summed E-state index contributed by atoms with van der Waals surface area (Å²) in [6.07, 6.45) is 2.09. The van der Waals surface area contributed by atoms with Crippen LogP contribution in [0.2, 0.25) is 0 Å². The summed E-state index contributed by atoms with van der Waals surface area (Å²) >= 11 is 0. The fraction of sp³-hybridized carbons (Fsp3) is 0.150. The summed E-state index contributed by atoms with van der Waals surface area (Å²) in [4.78, 5) is 27.9. The van der Waals surface area contributed by atoms with Crippen LogP contribution in [0.25, 0.3) is 10.9 Å². The number of aromatic nitrogens is 1. The van der Waals surface area contributed by atoms with E-state index in [0.717, 1.165) is 16.5 Å². The summed E-state index contributed by atoms with van der Waals surface area (Å²) < 4.78 is 4.84. The van der Waals surface area contributed by atoms with Gasteiger partial charge >= 0.3 is 5.97 Å². The minimum atomic E-state index is -0.863. The number of nitrogens with zero attached hydrogens (tertiary/aromatic N) is 1. The van der Waals surface area contributed by atoms with Gasteiger partial charge in [0.2, 0.25) is 0 Å². The Morgan fingerprint density at radius 3 is 2.69 bits per heavy atom. The minimum absolute atomic E-state index is 0.225. The molecule has 0 spiro atoms. The first-order valence-electron chi connectivity index (χ1n) is 8.07. The largest absolute Gasteiger partial charge is 0.467 e. The molecule has 1 aromatic heterocycles. The zero-order chi connectivity index (χ0) is 18.5. The van der Waals surface area contributed by atoms with Crippen LogP contribution in [0.3, 0.4) is 0 Å². The van der Waals surface area contributed by atoms with E-state index in [9.17, 15) is 9.59 Å². The highest BCUT2D eigenvalue weighted by atomic mass is 16.5. The van der Waals surface area contributed by atoms with Crippen molar-refractivity contribution in [2.45, 2.75) is 12.5 Å². The minimum Gasteiger partial charge on any atom is -0.467 e. The summed E-state index contributed by atoms with van der Waals surface area (Å²) in [6.45, 7) is 0. The smallest absolute Gasteiger partial charge is 0.328 e. The van der Waals surface area contributed by atoms with Crippen molar-refractivity contribution >= 4 is 22.8 Å². The number of carbonyl (C=O) groups is 2. The molecule has 1 heterocycles. The third-order valence-electron chi connectivity index (χ3n) is 4.18. The Bertz CT molecular complexity index is 1000. The number of para-hydroxylation sites is 1. The number of methoxy groups -OCH3 is 1. The standard InChI is InChI=1S/C20H17N3O3/c1-26-20(25)18(10-14-12-22-17-9-5-4-7-15(14)17)23-19(24)16-8-3-2-6-13(16)11-21/h2-9,12,18,22H,10H2,1H3,(H,23,24)/t18-/m0/s1. The van der Waals surface area contributed by atoms with E-state index >= 15 is 0 Å². The first-order valence-corrected chi connectivity index (χ1v) is 8.07. The molecule has 2 N–H and O–H groups in total. The molecule has 0 aliphatic heterocycles. The van der Waals surface area contributed by atoms with Crippen LogP contribution in [0.15, 0.2) is 54.7 Å². The zero-order valence-corrected chi connectivity index (χ0v) is 14.2. The average Bonchev–Trinajstić information content (AvgIpc) is 3.09. The fourth-order valence-corrected chi connectivity index (χ4v) is 2.87. The number of ether oxygens (including phenoxy) is 1. The van der Waals surface area contributed by atoms with Crippen molar-refractivity contribution in [3.63, 3.8) is 0 Å². The predicted octanol–water partition coefficient (Wildman–Crippen LogP) is 2.55. The quantitative estimate of drug-likeness (QED) is 0.694. The van der Waals surface area contributed by atoms with Crippen molar-refractivity contribution in [2.75, 3.05) is 7.11 Å². The Hall–Kier alpha value is -3.59. The van der Waals surface area contributed by atoms with Gasteiger partial charge in [-0.05, 0) is 23.8 Å². The molecule has 0 unspecified atom stereocenters. The lowest BCUT2D eigenvalue weighted by molar-refractivity contribution is -0.142. The van der Waals surface area contributed by atoms with Crippen LogP contribution in [0.5, 0.6) is 0 Å². The van der Waals surface area contributed by atoms with Crippen LogP contribution in [-0.2, 0) is 16.0 Å². The Morgan fingerprint density at radius 1 is 1.19 bits per heavy atom. The molecule has 0 fully saturated rings. The number of amides is 1. The molecule has 130 valence electrons. The predicted molar refractivity (Wildman–Crippen MR) is 96.4 cm³/mol. The van der Waals surface area contributed by atoms with E-state index in [0.29, 0.717) is 0 Å². The van der Waals surface area contributed by atoms with Gasteiger partial charge in [-0.15, -0.1) is 0 Å². The summed E-state index contributed by atoms with van der Waals surface area (Å²) in [7, 11) is 1.28. The van der Waals surface area contributed by atoms with Crippen LogP contribution in [0.4, 0.5) is 0 Å². The second-order valence-electron chi connectivity index (χ2n) is 5.77. The number of benzene rings is 2. The van der Waals surface area contributed by atoms with E-state index in [1.807, 2.05) is 36.5 Å². The molecule has 0 radical (unpaired) electrons. The van der Waals surface area contributed by atoms with Gasteiger partial charge in [0.05, 0.1) is 24.3 Å². The molecule has 0 aliphatic rings. The van der Waals surface area contributed by atoms with Crippen molar-refractivity contribution < 1.29 is 14.3 Å². The van der Waals surface area contributed by atoms with Crippen molar-refractivity contribution in [3.8, 4) is 6.07 Å². The normalized spacial score (nSPS) is 11.5. The topological polar surface area (TPSA) is 95.0 Å². The maximum Gasteiger partial charge on any atom is 0.328 e. The van der Waals surface area contributed by atoms with E-state index in [1.165, 1.54) is 7.11 Å². The Labute approximate surface area is 150 Å². The molecule has 1 atom stereocenters. The molecule has 3 aromatic rings. The lowest BCUT2D eigenvalue weighted by Gasteiger charge is -2.16. The molecule has 6 nitrogen and oxygen atoms in total. The Balaban J connectivity index is 1.86. The maximum atomic E-state index is 12.6. The maximum absolute atomic E-state index is 12.6. The molecule has 6 heteroatoms. The van der Waals surface area contributed by atoms with Crippen molar-refractivity contribution in [1.29, 1.82) is 5.26 Å². The van der Waals surface area contributed by atoms with E-state index in [4.69, 9.17) is 10.00 Å². The van der Waals surface area contributed by atoms with Crippen molar-refractivity contribution in [2.24, 2.45) is 0 Å². The van der Waals surface area contributed by atoms with Crippen LogP contribution >= 0.6 is 0 Å². The van der Waals surface area contributed by atoms with E-state index in [2.05, 4.69) is 10.3 Å². The van der Waals surface area contributed by atoms with Gasteiger partial charge in [0, 0.05) is 23.5 Å². The van der Waals surface area contributed by atoms with E-state index < -0.39 is 17.9 Å². The second-order valence-corrected chi connectivity index (χ2v) is 5.77. The number of rotatable bonds is 5. The molecule has 3 rings (SSSR count). The summed E-state index contributed by atoms with van der Waals surface area (Å²) in [6, 6.07) is 15.3. The molecular weight excluding hydrogens is 330 g/mol. The van der Waals surface area contributed by atoms with Crippen LogP contribution in [-0.4, -0.2) is 30.0 Å². The lowest BCUT2D eigenvalue weighted by atomic mass is 10.0. The van der Waals surface area contributed by atoms with Crippen molar-refractivity contribution in [3.05, 3.63) is 71.4 Å². The third-order valence-corrected chi connectivity index (χ3v) is 4.18. The number of carbonyl (C=O) groups excluding carboxylic acids is 2. The number of nitrogens with one attached hydrogen (secondary N) is 2. The molecule has 0 saturated carbocycles. The van der Waals surface area contributed by atoms with Crippen LogP contribution < -0.4 is 5.32 Å². The third kappa shape index (κ3) is 3.42. The fourth-order valence-electron chi connectivity index (χ4n) is 2.87. The van der Waals surface area contributed by atoms with Gasteiger partial charge < -0.3 is 15.0 Å². The first-order chi connectivity index (χ1) is 12.6. The number of hydrogen-bond donors (Lipinski definition) is 2. The van der Waals surface area contributed by atoms with E-state index in [-0.39, 0.29) is 17.5 Å². The molecule has 0 aliphatic carbocycles. The van der Waals surface area contributed by atoms with Gasteiger partial charge in [0.15, 0.2) is 0 Å². The van der Waals surface area contributed by atoms with Crippen molar-refractivity contribution in [1.82, 2.24) is 10.3 Å². The molecular formula is C20H17N3O3.